The number of aliphatic hydroxyl groups is 1. The number of hydrogen-bond donors (Lipinski definition) is 1. The van der Waals surface area contributed by atoms with Gasteiger partial charge < -0.3 is 15.2 Å². The van der Waals surface area contributed by atoms with Crippen LogP contribution in [0.3, 0.4) is 0 Å². The lowest BCUT2D eigenvalue weighted by Crippen LogP contribution is -2.43. The maximum absolute atomic E-state index is 12.6. The van der Waals surface area contributed by atoms with E-state index >= 15 is 0 Å². The summed E-state index contributed by atoms with van der Waals surface area (Å²) in [6, 6.07) is 6.65. The van der Waals surface area contributed by atoms with Crippen molar-refractivity contribution in [3.63, 3.8) is 0 Å². The maximum atomic E-state index is 12.6. The molecule has 0 saturated heterocycles. The number of Topliss-reactive ketones (excluding diaryl/α,β-unsaturated/α-hetero) is 1. The van der Waals surface area contributed by atoms with Crippen molar-refractivity contribution < 1.29 is 19.4 Å². The molecule has 0 saturated carbocycles. The third-order valence-electron chi connectivity index (χ3n) is 3.94. The first-order chi connectivity index (χ1) is 10.9. The molecule has 2 aromatic rings. The predicted octanol–water partition coefficient (Wildman–Crippen LogP) is 1.74. The molecule has 1 atom stereocenters. The van der Waals surface area contributed by atoms with Crippen LogP contribution in [0.25, 0.3) is 0 Å². The van der Waals surface area contributed by atoms with Crippen molar-refractivity contribution in [2.75, 3.05) is 6.61 Å². The van der Waals surface area contributed by atoms with E-state index < -0.39 is 11.0 Å². The number of hydrogen-bond acceptors (Lipinski definition) is 4. The molecule has 0 radical (unpaired) electrons. The predicted molar refractivity (Wildman–Crippen MR) is 83.3 cm³/mol. The van der Waals surface area contributed by atoms with Crippen molar-refractivity contribution in [2.45, 2.75) is 33.4 Å². The average Bonchev–Trinajstić information content (AvgIpc) is 2.84. The Morgan fingerprint density at radius 1 is 1.35 bits per heavy atom. The van der Waals surface area contributed by atoms with Gasteiger partial charge in [-0.3, -0.25) is 4.79 Å². The van der Waals surface area contributed by atoms with Crippen molar-refractivity contribution in [3.05, 3.63) is 57.5 Å². The number of rotatable bonds is 6. The minimum Gasteiger partial charge on any atom is -0.392 e. The van der Waals surface area contributed by atoms with Crippen LogP contribution in [-0.4, -0.2) is 27.0 Å². The fourth-order valence-electron chi connectivity index (χ4n) is 2.59. The highest BCUT2D eigenvalue weighted by Crippen LogP contribution is 2.17. The molecular weight excluding hydrogens is 298 g/mol. The van der Waals surface area contributed by atoms with Crippen LogP contribution in [0.15, 0.2) is 30.5 Å². The number of aromatic nitrogens is 2. The Kier molecular flexibility index (Phi) is 4.90. The number of carbonyl (C=O) groups excluding carboxylic acids is 1. The van der Waals surface area contributed by atoms with Gasteiger partial charge >= 0.3 is 5.82 Å². The van der Waals surface area contributed by atoms with Crippen LogP contribution >= 0.6 is 0 Å². The van der Waals surface area contributed by atoms with Crippen LogP contribution in [0.4, 0.5) is 5.82 Å². The SMILES string of the molecule is Cc1ccc(C(=O)C(C)[n+]2cc([N+](=O)[O-])n(CCO)c2C)cc1. The third-order valence-corrected chi connectivity index (χ3v) is 3.94. The van der Waals surface area contributed by atoms with Crippen molar-refractivity contribution in [1.29, 1.82) is 0 Å². The molecule has 0 amide bonds. The van der Waals surface area contributed by atoms with Gasteiger partial charge in [0.2, 0.25) is 5.78 Å². The lowest BCUT2D eigenvalue weighted by Gasteiger charge is -2.09. The Morgan fingerprint density at radius 2 is 1.96 bits per heavy atom. The maximum Gasteiger partial charge on any atom is 0.365 e. The largest absolute Gasteiger partial charge is 0.392 e. The monoisotopic (exact) mass is 318 g/mol. The standard InChI is InChI=1S/C16H20N3O4/c1-11-4-6-14(7-5-11)16(21)12(2)18-10-15(19(22)23)17(8-9-20)13(18)3/h4-7,10,12,20H,8-9H2,1-3H3/q+1. The van der Waals surface area contributed by atoms with Gasteiger partial charge in [0.15, 0.2) is 12.2 Å². The third kappa shape index (κ3) is 3.29. The lowest BCUT2D eigenvalue weighted by atomic mass is 10.0. The molecular formula is C16H20N3O4+. The topological polar surface area (TPSA) is 89.3 Å². The molecule has 122 valence electrons. The Bertz CT molecular complexity index is 735. The minimum atomic E-state index is -0.573. The van der Waals surface area contributed by atoms with Crippen LogP contribution in [-0.2, 0) is 6.54 Å². The van der Waals surface area contributed by atoms with Crippen molar-refractivity contribution >= 4 is 11.6 Å². The van der Waals surface area contributed by atoms with Crippen LogP contribution in [0.1, 0.15) is 34.7 Å². The van der Waals surface area contributed by atoms with Crippen LogP contribution < -0.4 is 4.57 Å². The number of nitro groups is 1. The molecule has 1 aromatic carbocycles. The second-order valence-corrected chi connectivity index (χ2v) is 5.48. The second-order valence-electron chi connectivity index (χ2n) is 5.48. The molecule has 7 nitrogen and oxygen atoms in total. The highest BCUT2D eigenvalue weighted by molar-refractivity contribution is 5.97. The summed E-state index contributed by atoms with van der Waals surface area (Å²) in [5.74, 6) is 0.299. The normalized spacial score (nSPS) is 12.2. The molecule has 0 aliphatic heterocycles. The van der Waals surface area contributed by atoms with E-state index in [1.54, 1.807) is 30.5 Å². The molecule has 0 aliphatic rings. The summed E-state index contributed by atoms with van der Waals surface area (Å²) in [7, 11) is 0. The quantitative estimate of drug-likeness (QED) is 0.380. The minimum absolute atomic E-state index is 0.112. The van der Waals surface area contributed by atoms with Gasteiger partial charge in [0.25, 0.3) is 5.82 Å². The van der Waals surface area contributed by atoms with E-state index in [1.807, 2.05) is 19.1 Å². The molecule has 1 N–H and O–H groups in total. The molecule has 0 aliphatic carbocycles. The Labute approximate surface area is 134 Å². The first-order valence-corrected chi connectivity index (χ1v) is 7.34. The first kappa shape index (κ1) is 16.8. The molecule has 0 spiro atoms. The van der Waals surface area contributed by atoms with Gasteiger partial charge in [-0.1, -0.05) is 29.8 Å². The van der Waals surface area contributed by atoms with E-state index in [1.165, 1.54) is 10.8 Å². The molecule has 0 fully saturated rings. The first-order valence-electron chi connectivity index (χ1n) is 7.34. The fourth-order valence-corrected chi connectivity index (χ4v) is 2.59. The van der Waals surface area contributed by atoms with Gasteiger partial charge in [0, 0.05) is 12.5 Å². The van der Waals surface area contributed by atoms with E-state index in [9.17, 15) is 14.9 Å². The number of nitrogens with zero attached hydrogens (tertiary/aromatic N) is 3. The highest BCUT2D eigenvalue weighted by atomic mass is 16.6. The lowest BCUT2D eigenvalue weighted by molar-refractivity contribution is -0.711. The summed E-state index contributed by atoms with van der Waals surface area (Å²) in [6.45, 7) is 5.25. The summed E-state index contributed by atoms with van der Waals surface area (Å²) in [5.41, 5.74) is 1.62. The van der Waals surface area contributed by atoms with E-state index in [4.69, 9.17) is 5.11 Å². The molecule has 0 bridgehead atoms. The summed E-state index contributed by atoms with van der Waals surface area (Å²) in [6.07, 6.45) is 1.35. The van der Waals surface area contributed by atoms with E-state index in [-0.39, 0.29) is 24.8 Å². The summed E-state index contributed by atoms with van der Waals surface area (Å²) in [5, 5.41) is 20.3. The number of aryl methyl sites for hydroxylation is 1. The zero-order chi connectivity index (χ0) is 17.1. The van der Waals surface area contributed by atoms with E-state index in [2.05, 4.69) is 0 Å². The van der Waals surface area contributed by atoms with Crippen LogP contribution in [0, 0.1) is 24.0 Å². The van der Waals surface area contributed by atoms with Gasteiger partial charge in [0.1, 0.15) is 6.54 Å². The fraction of sp³-hybridized carbons (Fsp3) is 0.375. The number of ketones is 1. The summed E-state index contributed by atoms with van der Waals surface area (Å²) in [4.78, 5) is 23.3. The van der Waals surface area contributed by atoms with Gasteiger partial charge in [-0.15, -0.1) is 0 Å². The smallest absolute Gasteiger partial charge is 0.365 e. The molecule has 7 heteroatoms. The van der Waals surface area contributed by atoms with Gasteiger partial charge in [-0.25, -0.2) is 4.57 Å². The Morgan fingerprint density at radius 3 is 2.48 bits per heavy atom. The van der Waals surface area contributed by atoms with E-state index in [0.29, 0.717) is 11.4 Å². The number of benzene rings is 1. The van der Waals surface area contributed by atoms with Crippen LogP contribution in [0.5, 0.6) is 0 Å². The summed E-state index contributed by atoms with van der Waals surface area (Å²) >= 11 is 0. The van der Waals surface area contributed by atoms with Crippen molar-refractivity contribution in [2.24, 2.45) is 0 Å². The molecule has 2 rings (SSSR count). The van der Waals surface area contributed by atoms with Crippen LogP contribution in [0.2, 0.25) is 0 Å². The molecule has 23 heavy (non-hydrogen) atoms. The Balaban J connectivity index is 2.40. The molecule has 1 aromatic heterocycles. The van der Waals surface area contributed by atoms with E-state index in [0.717, 1.165) is 5.56 Å². The highest BCUT2D eigenvalue weighted by Gasteiger charge is 2.30. The summed E-state index contributed by atoms with van der Waals surface area (Å²) < 4.78 is 2.98. The van der Waals surface area contributed by atoms with Gasteiger partial charge in [-0.05, 0) is 18.8 Å². The average molecular weight is 318 g/mol. The molecule has 1 heterocycles. The zero-order valence-electron chi connectivity index (χ0n) is 13.4. The number of aliphatic hydroxyl groups excluding tert-OH is 1. The van der Waals surface area contributed by atoms with Gasteiger partial charge in [-0.2, -0.15) is 4.57 Å². The number of carbonyl (C=O) groups is 1. The zero-order valence-corrected chi connectivity index (χ0v) is 13.4. The van der Waals surface area contributed by atoms with Crippen molar-refractivity contribution in [3.8, 4) is 0 Å². The van der Waals surface area contributed by atoms with Gasteiger partial charge in [0.05, 0.1) is 6.61 Å². The molecule has 1 unspecified atom stereocenters. The van der Waals surface area contributed by atoms with Crippen molar-refractivity contribution in [1.82, 2.24) is 4.57 Å². The second kappa shape index (κ2) is 6.70. The Hall–Kier alpha value is -2.54. The number of imidazole rings is 1.